The summed E-state index contributed by atoms with van der Waals surface area (Å²) < 4.78 is 31.1. The van der Waals surface area contributed by atoms with Gasteiger partial charge >= 0.3 is 5.97 Å². The fraction of sp³-hybridized carbons (Fsp3) is 0.235. The van der Waals surface area contributed by atoms with Gasteiger partial charge in [-0.1, -0.05) is 6.07 Å². The third-order valence-electron chi connectivity index (χ3n) is 3.48. The predicted octanol–water partition coefficient (Wildman–Crippen LogP) is 4.11. The minimum atomic E-state index is -0.958. The highest BCUT2D eigenvalue weighted by Gasteiger charge is 2.14. The van der Waals surface area contributed by atoms with Crippen molar-refractivity contribution < 1.29 is 23.2 Å². The summed E-state index contributed by atoms with van der Waals surface area (Å²) >= 11 is 0. The van der Waals surface area contributed by atoms with E-state index in [4.69, 9.17) is 4.74 Å². The number of hydrogen-bond donors (Lipinski definition) is 0. The number of hydrogen-bond acceptors (Lipinski definition) is 4. The van der Waals surface area contributed by atoms with Gasteiger partial charge in [-0.25, -0.2) is 8.78 Å². The molecular weight excluding hydrogens is 320 g/mol. The molecule has 0 saturated heterocycles. The molecule has 1 atom stereocenters. The van der Waals surface area contributed by atoms with Crippen LogP contribution in [0.15, 0.2) is 42.5 Å². The molecule has 0 aliphatic carbocycles. The number of carbonyl (C=O) groups is 1. The van der Waals surface area contributed by atoms with Crippen LogP contribution >= 0.6 is 0 Å². The summed E-state index contributed by atoms with van der Waals surface area (Å²) in [6.45, 7) is 1.65. The number of halogens is 2. The zero-order valence-corrected chi connectivity index (χ0v) is 12.9. The molecule has 0 aromatic heterocycles. The van der Waals surface area contributed by atoms with Crippen molar-refractivity contribution >= 4 is 11.7 Å². The van der Waals surface area contributed by atoms with Crippen LogP contribution in [0.5, 0.6) is 0 Å². The molecule has 1 unspecified atom stereocenters. The van der Waals surface area contributed by atoms with Crippen LogP contribution in [0.1, 0.15) is 30.6 Å². The second-order valence-corrected chi connectivity index (χ2v) is 5.23. The number of carbonyl (C=O) groups excluding carboxylic acids is 1. The number of aryl methyl sites for hydroxylation is 1. The second-order valence-electron chi connectivity index (χ2n) is 5.23. The molecule has 24 heavy (non-hydrogen) atoms. The van der Waals surface area contributed by atoms with Crippen LogP contribution in [0.4, 0.5) is 14.5 Å². The maximum Gasteiger partial charge on any atom is 0.306 e. The third kappa shape index (κ3) is 4.58. The Kier molecular flexibility index (Phi) is 5.57. The summed E-state index contributed by atoms with van der Waals surface area (Å²) in [5, 5.41) is 10.6. The standard InChI is InChI=1S/C17H15F2NO4/c1-11(13-4-6-14(7-5-13)20(22)23)24-17(21)9-3-12-2-8-15(18)16(19)10-12/h2,4-8,10-11H,3,9H2,1H3. The quantitative estimate of drug-likeness (QED) is 0.452. The van der Waals surface area contributed by atoms with Gasteiger partial charge in [-0.15, -0.1) is 0 Å². The van der Waals surface area contributed by atoms with E-state index in [1.165, 1.54) is 30.3 Å². The largest absolute Gasteiger partial charge is 0.458 e. The van der Waals surface area contributed by atoms with Crippen LogP contribution < -0.4 is 0 Å². The first-order valence-corrected chi connectivity index (χ1v) is 7.24. The van der Waals surface area contributed by atoms with Crippen molar-refractivity contribution in [3.63, 3.8) is 0 Å². The van der Waals surface area contributed by atoms with Gasteiger partial charge in [0, 0.05) is 18.6 Å². The molecule has 2 rings (SSSR count). The molecule has 126 valence electrons. The number of esters is 1. The lowest BCUT2D eigenvalue weighted by Crippen LogP contribution is -2.10. The molecule has 0 fully saturated rings. The van der Waals surface area contributed by atoms with E-state index < -0.39 is 28.6 Å². The number of nitro benzene ring substituents is 1. The average molecular weight is 335 g/mol. The van der Waals surface area contributed by atoms with Crippen LogP contribution in [0.25, 0.3) is 0 Å². The van der Waals surface area contributed by atoms with E-state index in [0.717, 1.165) is 12.1 Å². The Hall–Kier alpha value is -2.83. The zero-order chi connectivity index (χ0) is 17.7. The normalized spacial score (nSPS) is 11.8. The molecule has 0 saturated carbocycles. The fourth-order valence-corrected chi connectivity index (χ4v) is 2.13. The smallest absolute Gasteiger partial charge is 0.306 e. The summed E-state index contributed by atoms with van der Waals surface area (Å²) in [5.74, 6) is -2.39. The first-order valence-electron chi connectivity index (χ1n) is 7.24. The fourth-order valence-electron chi connectivity index (χ4n) is 2.13. The Labute approximate surface area is 137 Å². The molecule has 0 radical (unpaired) electrons. The number of rotatable bonds is 6. The first-order chi connectivity index (χ1) is 11.4. The van der Waals surface area contributed by atoms with Crippen molar-refractivity contribution in [3.8, 4) is 0 Å². The molecule has 0 heterocycles. The Morgan fingerprint density at radius 1 is 1.17 bits per heavy atom. The maximum atomic E-state index is 13.1. The second kappa shape index (κ2) is 7.63. The van der Waals surface area contributed by atoms with Gasteiger partial charge in [-0.05, 0) is 48.7 Å². The van der Waals surface area contributed by atoms with Crippen molar-refractivity contribution in [2.24, 2.45) is 0 Å². The summed E-state index contributed by atoms with van der Waals surface area (Å²) in [6.07, 6.45) is -0.325. The Morgan fingerprint density at radius 3 is 2.42 bits per heavy atom. The highest BCUT2D eigenvalue weighted by molar-refractivity contribution is 5.70. The molecular formula is C17H15F2NO4. The van der Waals surface area contributed by atoms with Crippen LogP contribution in [0, 0.1) is 21.7 Å². The predicted molar refractivity (Wildman–Crippen MR) is 82.3 cm³/mol. The van der Waals surface area contributed by atoms with E-state index in [2.05, 4.69) is 0 Å². The third-order valence-corrected chi connectivity index (χ3v) is 3.48. The number of benzene rings is 2. The van der Waals surface area contributed by atoms with Crippen molar-refractivity contribution in [2.75, 3.05) is 0 Å². The molecule has 5 nitrogen and oxygen atoms in total. The topological polar surface area (TPSA) is 69.4 Å². The molecule has 2 aromatic carbocycles. The molecule has 0 N–H and O–H groups in total. The molecule has 2 aromatic rings. The number of ether oxygens (including phenoxy) is 1. The molecule has 0 spiro atoms. The first kappa shape index (κ1) is 17.5. The van der Waals surface area contributed by atoms with E-state index in [9.17, 15) is 23.7 Å². The van der Waals surface area contributed by atoms with Crippen LogP contribution in [0.2, 0.25) is 0 Å². The number of nitrogens with zero attached hydrogens (tertiary/aromatic N) is 1. The van der Waals surface area contributed by atoms with Gasteiger partial charge in [0.25, 0.3) is 5.69 Å². The summed E-state index contributed by atoms with van der Waals surface area (Å²) in [5.41, 5.74) is 1.08. The Balaban J connectivity index is 1.89. The van der Waals surface area contributed by atoms with Gasteiger partial charge in [-0.3, -0.25) is 14.9 Å². The van der Waals surface area contributed by atoms with Crippen molar-refractivity contribution in [2.45, 2.75) is 25.9 Å². The Bertz CT molecular complexity index is 747. The van der Waals surface area contributed by atoms with Crippen LogP contribution in [-0.4, -0.2) is 10.9 Å². The monoisotopic (exact) mass is 335 g/mol. The van der Waals surface area contributed by atoms with E-state index in [1.54, 1.807) is 6.92 Å². The molecule has 0 aliphatic heterocycles. The summed E-state index contributed by atoms with van der Waals surface area (Å²) in [4.78, 5) is 21.9. The van der Waals surface area contributed by atoms with Crippen molar-refractivity contribution in [1.29, 1.82) is 0 Å². The SMILES string of the molecule is CC(OC(=O)CCc1ccc(F)c(F)c1)c1ccc([N+](=O)[O-])cc1. The van der Waals surface area contributed by atoms with E-state index >= 15 is 0 Å². The lowest BCUT2D eigenvalue weighted by Gasteiger charge is -2.13. The number of non-ortho nitro benzene ring substituents is 1. The highest BCUT2D eigenvalue weighted by Crippen LogP contribution is 2.21. The molecule has 0 aliphatic rings. The van der Waals surface area contributed by atoms with E-state index in [1.807, 2.05) is 0 Å². The van der Waals surface area contributed by atoms with Gasteiger partial charge in [0.05, 0.1) is 4.92 Å². The van der Waals surface area contributed by atoms with Crippen molar-refractivity contribution in [1.82, 2.24) is 0 Å². The van der Waals surface area contributed by atoms with Gasteiger partial charge in [0.1, 0.15) is 6.10 Å². The molecule has 7 heteroatoms. The van der Waals surface area contributed by atoms with Gasteiger partial charge in [-0.2, -0.15) is 0 Å². The summed E-state index contributed by atoms with van der Waals surface area (Å²) in [7, 11) is 0. The van der Waals surface area contributed by atoms with Gasteiger partial charge in [0.15, 0.2) is 11.6 Å². The average Bonchev–Trinajstić information content (AvgIpc) is 2.56. The van der Waals surface area contributed by atoms with E-state index in [0.29, 0.717) is 11.1 Å². The minimum absolute atomic E-state index is 0.0163. The zero-order valence-electron chi connectivity index (χ0n) is 12.9. The molecule has 0 bridgehead atoms. The Morgan fingerprint density at radius 2 is 1.83 bits per heavy atom. The highest BCUT2D eigenvalue weighted by atomic mass is 19.2. The lowest BCUT2D eigenvalue weighted by atomic mass is 10.1. The maximum absolute atomic E-state index is 13.1. The van der Waals surface area contributed by atoms with E-state index in [-0.39, 0.29) is 18.5 Å². The van der Waals surface area contributed by atoms with Gasteiger partial charge < -0.3 is 4.74 Å². The van der Waals surface area contributed by atoms with Gasteiger partial charge in [0.2, 0.25) is 0 Å². The number of nitro groups is 1. The molecule has 0 amide bonds. The minimum Gasteiger partial charge on any atom is -0.458 e. The van der Waals surface area contributed by atoms with Crippen LogP contribution in [0.3, 0.4) is 0 Å². The van der Waals surface area contributed by atoms with Crippen molar-refractivity contribution in [3.05, 3.63) is 75.3 Å². The summed E-state index contributed by atoms with van der Waals surface area (Å²) in [6, 6.07) is 9.17. The van der Waals surface area contributed by atoms with Crippen LogP contribution in [-0.2, 0) is 16.0 Å². The lowest BCUT2D eigenvalue weighted by molar-refractivity contribution is -0.384.